The molecule has 1 N–H and O–H groups in total. The molecule has 2 aromatic heterocycles. The van der Waals surface area contributed by atoms with Gasteiger partial charge in [-0.1, -0.05) is 6.07 Å². The maximum absolute atomic E-state index is 12.9. The Bertz CT molecular complexity index is 1120. The number of nitrogens with one attached hydrogen (secondary N) is 1. The molecule has 29 heavy (non-hydrogen) atoms. The predicted octanol–water partition coefficient (Wildman–Crippen LogP) is 2.28. The molecule has 0 fully saturated rings. The third-order valence-corrected chi connectivity index (χ3v) is 3.77. The van der Waals surface area contributed by atoms with Gasteiger partial charge in [0.2, 0.25) is 5.91 Å². The summed E-state index contributed by atoms with van der Waals surface area (Å²) in [7, 11) is 0. The minimum absolute atomic E-state index is 0.00222. The molecule has 0 spiro atoms. The van der Waals surface area contributed by atoms with E-state index in [2.05, 4.69) is 10.1 Å². The number of fused-ring (bicyclic) bond motifs is 1. The first kappa shape index (κ1) is 20.4. The molecule has 0 aliphatic carbocycles. The number of alkyl halides is 6. The van der Waals surface area contributed by atoms with Crippen LogP contribution in [0.3, 0.4) is 0 Å². The number of nitrogens with zero attached hydrogens (tertiary/aromatic N) is 4. The van der Waals surface area contributed by atoms with E-state index in [-0.39, 0.29) is 16.7 Å². The number of amides is 1. The van der Waals surface area contributed by atoms with Gasteiger partial charge in [-0.3, -0.25) is 14.2 Å². The van der Waals surface area contributed by atoms with E-state index in [1.54, 1.807) is 5.32 Å². The first-order valence-electron chi connectivity index (χ1n) is 7.90. The molecule has 0 radical (unpaired) electrons. The van der Waals surface area contributed by atoms with E-state index < -0.39 is 42.5 Å². The van der Waals surface area contributed by atoms with Crippen LogP contribution in [-0.4, -0.2) is 38.0 Å². The van der Waals surface area contributed by atoms with Crippen molar-refractivity contribution in [1.82, 2.24) is 24.6 Å². The van der Waals surface area contributed by atoms with Gasteiger partial charge in [0.25, 0.3) is 5.56 Å². The van der Waals surface area contributed by atoms with E-state index in [1.165, 1.54) is 6.07 Å². The predicted molar refractivity (Wildman–Crippen MR) is 87.2 cm³/mol. The van der Waals surface area contributed by atoms with Crippen LogP contribution in [0.4, 0.5) is 26.3 Å². The maximum Gasteiger partial charge on any atom is 0.416 e. The fourth-order valence-electron chi connectivity index (χ4n) is 2.47. The lowest BCUT2D eigenvalue weighted by atomic mass is 10.2. The Hall–Kier alpha value is -3.38. The van der Waals surface area contributed by atoms with Crippen molar-refractivity contribution >= 4 is 16.9 Å². The first-order valence-corrected chi connectivity index (χ1v) is 7.90. The van der Waals surface area contributed by atoms with E-state index in [0.717, 1.165) is 40.0 Å². The number of aromatic nitrogens is 4. The second-order valence-corrected chi connectivity index (χ2v) is 5.91. The van der Waals surface area contributed by atoms with Crippen LogP contribution in [0, 0.1) is 0 Å². The van der Waals surface area contributed by atoms with Gasteiger partial charge in [-0.25, -0.2) is 9.67 Å². The minimum Gasteiger partial charge on any atom is -0.345 e. The summed E-state index contributed by atoms with van der Waals surface area (Å²) in [6.07, 6.45) is -7.23. The number of carbonyl (C=O) groups excluding carboxylic acids is 1. The molecule has 7 nitrogen and oxygen atoms in total. The summed E-state index contributed by atoms with van der Waals surface area (Å²) >= 11 is 0. The SMILES string of the molecule is O=C(Cn1cnc2c(cnn2-c2cccc(C(F)(F)F)c2)c1=O)NCC(F)(F)F. The number of hydrogen-bond acceptors (Lipinski definition) is 4. The molecular weight excluding hydrogens is 408 g/mol. The number of hydrogen-bond donors (Lipinski definition) is 1. The van der Waals surface area contributed by atoms with E-state index in [4.69, 9.17) is 0 Å². The van der Waals surface area contributed by atoms with E-state index in [1.807, 2.05) is 0 Å². The number of benzene rings is 1. The molecule has 0 atom stereocenters. The van der Waals surface area contributed by atoms with Gasteiger partial charge in [0.05, 0.1) is 17.4 Å². The zero-order valence-electron chi connectivity index (χ0n) is 14.3. The lowest BCUT2D eigenvalue weighted by molar-refractivity contribution is -0.138. The largest absolute Gasteiger partial charge is 0.416 e. The lowest BCUT2D eigenvalue weighted by Crippen LogP contribution is -2.37. The summed E-state index contributed by atoms with van der Waals surface area (Å²) < 4.78 is 76.9. The average molecular weight is 419 g/mol. The number of carbonyl (C=O) groups is 1. The molecule has 13 heteroatoms. The highest BCUT2D eigenvalue weighted by molar-refractivity contribution is 5.77. The third kappa shape index (κ3) is 4.55. The van der Waals surface area contributed by atoms with Gasteiger partial charge in [-0.2, -0.15) is 31.4 Å². The van der Waals surface area contributed by atoms with Crippen molar-refractivity contribution in [3.8, 4) is 5.69 Å². The molecule has 0 saturated heterocycles. The fraction of sp³-hybridized carbons (Fsp3) is 0.250. The van der Waals surface area contributed by atoms with Crippen LogP contribution in [0.5, 0.6) is 0 Å². The van der Waals surface area contributed by atoms with Crippen LogP contribution < -0.4 is 10.9 Å². The Balaban J connectivity index is 1.91. The van der Waals surface area contributed by atoms with E-state index in [9.17, 15) is 35.9 Å². The van der Waals surface area contributed by atoms with Crippen molar-refractivity contribution in [2.75, 3.05) is 6.54 Å². The highest BCUT2D eigenvalue weighted by Gasteiger charge is 2.31. The van der Waals surface area contributed by atoms with Crippen LogP contribution in [0.25, 0.3) is 16.7 Å². The van der Waals surface area contributed by atoms with Gasteiger partial charge in [-0.15, -0.1) is 0 Å². The van der Waals surface area contributed by atoms with Gasteiger partial charge in [0, 0.05) is 0 Å². The monoisotopic (exact) mass is 419 g/mol. The molecule has 0 unspecified atom stereocenters. The maximum atomic E-state index is 12.9. The van der Waals surface area contributed by atoms with Gasteiger partial charge in [-0.05, 0) is 18.2 Å². The molecule has 0 bridgehead atoms. The molecule has 1 amide bonds. The highest BCUT2D eigenvalue weighted by Crippen LogP contribution is 2.30. The Morgan fingerprint density at radius 3 is 2.52 bits per heavy atom. The normalized spacial score (nSPS) is 12.3. The molecule has 0 aliphatic heterocycles. The van der Waals surface area contributed by atoms with Crippen molar-refractivity contribution in [3.05, 3.63) is 52.7 Å². The zero-order valence-corrected chi connectivity index (χ0v) is 14.3. The van der Waals surface area contributed by atoms with E-state index >= 15 is 0 Å². The summed E-state index contributed by atoms with van der Waals surface area (Å²) in [5.41, 5.74) is -1.77. The van der Waals surface area contributed by atoms with Gasteiger partial charge >= 0.3 is 12.4 Å². The number of halogens is 6. The summed E-state index contributed by atoms with van der Waals surface area (Å²) in [6, 6.07) is 4.19. The van der Waals surface area contributed by atoms with Gasteiger partial charge in [0.15, 0.2) is 5.65 Å². The van der Waals surface area contributed by atoms with Crippen molar-refractivity contribution in [2.45, 2.75) is 18.9 Å². The van der Waals surface area contributed by atoms with Gasteiger partial charge < -0.3 is 5.32 Å². The Morgan fingerprint density at radius 1 is 1.14 bits per heavy atom. The van der Waals surface area contributed by atoms with Crippen LogP contribution >= 0.6 is 0 Å². The fourth-order valence-corrected chi connectivity index (χ4v) is 2.47. The van der Waals surface area contributed by atoms with Crippen LogP contribution in [0.1, 0.15) is 5.56 Å². The smallest absolute Gasteiger partial charge is 0.345 e. The summed E-state index contributed by atoms with van der Waals surface area (Å²) in [6.45, 7) is -2.27. The Morgan fingerprint density at radius 2 is 1.86 bits per heavy atom. The van der Waals surface area contributed by atoms with Gasteiger partial charge in [0.1, 0.15) is 24.8 Å². The molecular formula is C16H11F6N5O2. The summed E-state index contributed by atoms with van der Waals surface area (Å²) in [4.78, 5) is 27.9. The second kappa shape index (κ2) is 7.22. The topological polar surface area (TPSA) is 81.8 Å². The molecule has 3 rings (SSSR count). The van der Waals surface area contributed by atoms with Crippen molar-refractivity contribution in [1.29, 1.82) is 0 Å². The molecule has 1 aromatic carbocycles. The van der Waals surface area contributed by atoms with E-state index in [0.29, 0.717) is 0 Å². The molecule has 154 valence electrons. The molecule has 3 aromatic rings. The first-order chi connectivity index (χ1) is 13.5. The minimum atomic E-state index is -4.60. The van der Waals surface area contributed by atoms with Crippen molar-refractivity contribution < 1.29 is 31.1 Å². The molecule has 2 heterocycles. The third-order valence-electron chi connectivity index (χ3n) is 3.77. The quantitative estimate of drug-likeness (QED) is 0.658. The summed E-state index contributed by atoms with van der Waals surface area (Å²) in [5.74, 6) is -1.06. The van der Waals surface area contributed by atoms with Crippen molar-refractivity contribution in [3.63, 3.8) is 0 Å². The summed E-state index contributed by atoms with van der Waals surface area (Å²) in [5, 5.41) is 5.36. The standard InChI is InChI=1S/C16H11F6N5O2/c17-15(18,19)7-23-12(28)6-26-8-24-13-11(14(26)29)5-25-27(13)10-3-1-2-9(4-10)16(20,21)22/h1-5,8H,6-7H2,(H,23,28). The second-order valence-electron chi connectivity index (χ2n) is 5.91. The van der Waals surface area contributed by atoms with Crippen LogP contribution in [-0.2, 0) is 17.5 Å². The van der Waals surface area contributed by atoms with Crippen LogP contribution in [0.15, 0.2) is 41.6 Å². The van der Waals surface area contributed by atoms with Crippen molar-refractivity contribution in [2.24, 2.45) is 0 Å². The Labute approximate surface area is 157 Å². The molecule has 0 aliphatic rings. The number of rotatable bonds is 4. The average Bonchev–Trinajstić information content (AvgIpc) is 3.06. The van der Waals surface area contributed by atoms with Crippen LogP contribution in [0.2, 0.25) is 0 Å². The highest BCUT2D eigenvalue weighted by atomic mass is 19.4. The lowest BCUT2D eigenvalue weighted by Gasteiger charge is -2.10. The molecule has 0 saturated carbocycles. The Kier molecular flexibility index (Phi) is 5.07. The zero-order chi connectivity index (χ0) is 21.4.